The third-order valence-electron chi connectivity index (χ3n) is 5.36. The molecule has 5 rings (SSSR count). The molecule has 0 spiro atoms. The van der Waals surface area contributed by atoms with Crippen LogP contribution in [-0.2, 0) is 0 Å². The number of ether oxygens (including phenoxy) is 1. The number of rotatable bonds is 5. The Morgan fingerprint density at radius 3 is 2.59 bits per heavy atom. The maximum atomic E-state index is 13.6. The van der Waals surface area contributed by atoms with Crippen LogP contribution in [0.25, 0.3) is 11.0 Å². The number of carbonyl (C=O) groups excluding carboxylic acids is 1. The number of amides is 1. The summed E-state index contributed by atoms with van der Waals surface area (Å²) in [4.78, 5) is 36.9. The average Bonchev–Trinajstić information content (AvgIpc) is 3.11. The van der Waals surface area contributed by atoms with Gasteiger partial charge in [-0.05, 0) is 42.8 Å². The minimum absolute atomic E-state index is 0.00999. The molecule has 3 heterocycles. The Labute approximate surface area is 183 Å². The van der Waals surface area contributed by atoms with Crippen molar-refractivity contribution in [2.24, 2.45) is 0 Å². The van der Waals surface area contributed by atoms with E-state index in [1.165, 1.54) is 4.90 Å². The molecule has 2 aromatic carbocycles. The van der Waals surface area contributed by atoms with E-state index in [2.05, 4.69) is 16.5 Å². The fourth-order valence-electron chi connectivity index (χ4n) is 3.93. The predicted molar refractivity (Wildman–Crippen MR) is 120 cm³/mol. The largest absolute Gasteiger partial charge is 0.490 e. The smallest absolute Gasteiger partial charge is 0.297 e. The number of nitrogens with zero attached hydrogens (tertiary/aromatic N) is 3. The Hall–Kier alpha value is -4.26. The topological polar surface area (TPSA) is 85.5 Å². The number of benzene rings is 2. The first kappa shape index (κ1) is 19.7. The van der Waals surface area contributed by atoms with Crippen LogP contribution in [0, 0.1) is 6.92 Å². The third kappa shape index (κ3) is 3.15. The summed E-state index contributed by atoms with van der Waals surface area (Å²) < 4.78 is 11.5. The van der Waals surface area contributed by atoms with E-state index in [0.29, 0.717) is 23.3 Å². The van der Waals surface area contributed by atoms with E-state index in [-0.39, 0.29) is 22.7 Å². The highest BCUT2D eigenvalue weighted by Crippen LogP contribution is 2.40. The zero-order valence-corrected chi connectivity index (χ0v) is 17.3. The van der Waals surface area contributed by atoms with Crippen molar-refractivity contribution in [3.8, 4) is 5.75 Å². The molecule has 1 aliphatic heterocycles. The molecule has 2 aromatic heterocycles. The number of hydrogen-bond acceptors (Lipinski definition) is 6. The molecule has 158 valence electrons. The highest BCUT2D eigenvalue weighted by Gasteiger charge is 2.44. The lowest BCUT2D eigenvalue weighted by molar-refractivity contribution is 0.0969. The average molecular weight is 425 g/mol. The monoisotopic (exact) mass is 425 g/mol. The minimum Gasteiger partial charge on any atom is -0.490 e. The van der Waals surface area contributed by atoms with Gasteiger partial charge in [0.1, 0.15) is 17.9 Å². The molecule has 1 amide bonds. The Morgan fingerprint density at radius 2 is 1.88 bits per heavy atom. The van der Waals surface area contributed by atoms with E-state index in [1.807, 2.05) is 25.1 Å². The van der Waals surface area contributed by atoms with Gasteiger partial charge in [0.2, 0.25) is 11.7 Å². The SMILES string of the molecule is C=CCOc1ccc(C2c3c(oc4ccc(C)cc4c3=O)C(=O)N2c2ncccn2)cc1. The summed E-state index contributed by atoms with van der Waals surface area (Å²) in [6, 6.07) is 13.5. The third-order valence-corrected chi connectivity index (χ3v) is 5.36. The quantitative estimate of drug-likeness (QED) is 0.446. The molecule has 0 fully saturated rings. The highest BCUT2D eigenvalue weighted by atomic mass is 16.5. The molecule has 0 bridgehead atoms. The van der Waals surface area contributed by atoms with Gasteiger partial charge < -0.3 is 9.15 Å². The first-order valence-corrected chi connectivity index (χ1v) is 10.1. The van der Waals surface area contributed by atoms with Crippen molar-refractivity contribution >= 4 is 22.8 Å². The minimum atomic E-state index is -0.727. The number of fused-ring (bicyclic) bond motifs is 2. The van der Waals surface area contributed by atoms with Crippen molar-refractivity contribution in [1.29, 1.82) is 0 Å². The van der Waals surface area contributed by atoms with Crippen LogP contribution in [0.1, 0.15) is 33.3 Å². The van der Waals surface area contributed by atoms with E-state index in [1.54, 1.807) is 48.8 Å². The van der Waals surface area contributed by atoms with Crippen LogP contribution >= 0.6 is 0 Å². The molecule has 0 saturated carbocycles. The van der Waals surface area contributed by atoms with Gasteiger partial charge in [-0.3, -0.25) is 14.5 Å². The number of aromatic nitrogens is 2. The van der Waals surface area contributed by atoms with Gasteiger partial charge in [-0.1, -0.05) is 36.4 Å². The molecule has 7 nitrogen and oxygen atoms in total. The number of hydrogen-bond donors (Lipinski definition) is 0. The van der Waals surface area contributed by atoms with Crippen LogP contribution in [0.4, 0.5) is 5.95 Å². The van der Waals surface area contributed by atoms with Gasteiger partial charge in [-0.2, -0.15) is 0 Å². The highest BCUT2D eigenvalue weighted by molar-refractivity contribution is 6.09. The summed E-state index contributed by atoms with van der Waals surface area (Å²) in [6.45, 7) is 5.93. The summed E-state index contributed by atoms with van der Waals surface area (Å²) in [5.74, 6) is 0.404. The van der Waals surface area contributed by atoms with Crippen molar-refractivity contribution in [2.75, 3.05) is 11.5 Å². The van der Waals surface area contributed by atoms with Gasteiger partial charge in [0.15, 0.2) is 5.43 Å². The molecule has 0 aliphatic carbocycles. The van der Waals surface area contributed by atoms with E-state index in [9.17, 15) is 9.59 Å². The molecular formula is C25H19N3O4. The van der Waals surface area contributed by atoms with Gasteiger partial charge in [-0.15, -0.1) is 0 Å². The van der Waals surface area contributed by atoms with E-state index >= 15 is 0 Å². The van der Waals surface area contributed by atoms with Gasteiger partial charge in [-0.25, -0.2) is 9.97 Å². The molecule has 4 aromatic rings. The van der Waals surface area contributed by atoms with Gasteiger partial charge in [0.05, 0.1) is 17.0 Å². The zero-order chi connectivity index (χ0) is 22.2. The van der Waals surface area contributed by atoms with Gasteiger partial charge >= 0.3 is 0 Å². The van der Waals surface area contributed by atoms with Crippen molar-refractivity contribution in [1.82, 2.24) is 9.97 Å². The second-order valence-electron chi connectivity index (χ2n) is 7.47. The first-order chi connectivity index (χ1) is 15.6. The van der Waals surface area contributed by atoms with E-state index < -0.39 is 11.9 Å². The summed E-state index contributed by atoms with van der Waals surface area (Å²) in [6.07, 6.45) is 4.76. The molecule has 1 unspecified atom stereocenters. The Balaban J connectivity index is 1.73. The fraction of sp³-hybridized carbons (Fsp3) is 0.120. The van der Waals surface area contributed by atoms with E-state index in [0.717, 1.165) is 11.1 Å². The molecule has 1 aliphatic rings. The number of anilines is 1. The Bertz CT molecular complexity index is 1390. The van der Waals surface area contributed by atoms with Crippen LogP contribution < -0.4 is 15.1 Å². The first-order valence-electron chi connectivity index (χ1n) is 10.1. The molecule has 7 heteroatoms. The van der Waals surface area contributed by atoms with Crippen LogP contribution in [-0.4, -0.2) is 22.5 Å². The molecule has 0 radical (unpaired) electrons. The zero-order valence-electron chi connectivity index (χ0n) is 17.3. The normalized spacial score (nSPS) is 15.1. The lowest BCUT2D eigenvalue weighted by Gasteiger charge is -2.23. The lowest BCUT2D eigenvalue weighted by atomic mass is 9.98. The second kappa shape index (κ2) is 7.77. The van der Waals surface area contributed by atoms with Crippen molar-refractivity contribution in [3.05, 3.63) is 106 Å². The Morgan fingerprint density at radius 1 is 1.12 bits per heavy atom. The van der Waals surface area contributed by atoms with Crippen LogP contribution in [0.2, 0.25) is 0 Å². The van der Waals surface area contributed by atoms with E-state index in [4.69, 9.17) is 9.15 Å². The maximum absolute atomic E-state index is 13.6. The standard InChI is InChI=1S/C25H19N3O4/c1-3-13-31-17-8-6-16(7-9-17)21-20-22(29)18-14-15(2)5-10-19(18)32-23(20)24(30)28(21)25-26-11-4-12-27-25/h3-12,14,21H,1,13H2,2H3. The molecule has 0 saturated heterocycles. The van der Waals surface area contributed by atoms with Crippen LogP contribution in [0.3, 0.4) is 0 Å². The maximum Gasteiger partial charge on any atom is 0.297 e. The van der Waals surface area contributed by atoms with Crippen molar-refractivity contribution < 1.29 is 13.9 Å². The predicted octanol–water partition coefficient (Wildman–Crippen LogP) is 4.21. The van der Waals surface area contributed by atoms with Gasteiger partial charge in [0, 0.05) is 12.4 Å². The number of carbonyl (C=O) groups is 1. The summed E-state index contributed by atoms with van der Waals surface area (Å²) in [7, 11) is 0. The van der Waals surface area contributed by atoms with Crippen LogP contribution in [0.15, 0.2) is 82.8 Å². The summed E-state index contributed by atoms with van der Waals surface area (Å²) in [5.41, 5.74) is 2.05. The lowest BCUT2D eigenvalue weighted by Crippen LogP contribution is -2.31. The van der Waals surface area contributed by atoms with Gasteiger partial charge in [0.25, 0.3) is 5.91 Å². The molecule has 32 heavy (non-hydrogen) atoms. The summed E-state index contributed by atoms with van der Waals surface area (Å²) >= 11 is 0. The van der Waals surface area contributed by atoms with Crippen molar-refractivity contribution in [2.45, 2.75) is 13.0 Å². The second-order valence-corrected chi connectivity index (χ2v) is 7.47. The summed E-state index contributed by atoms with van der Waals surface area (Å²) in [5, 5.41) is 0.434. The van der Waals surface area contributed by atoms with Crippen LogP contribution in [0.5, 0.6) is 5.75 Å². The molecule has 0 N–H and O–H groups in total. The number of aryl methyl sites for hydroxylation is 1. The van der Waals surface area contributed by atoms with Crippen molar-refractivity contribution in [3.63, 3.8) is 0 Å². The Kier molecular flexibility index (Phi) is 4.78. The molecular weight excluding hydrogens is 406 g/mol. The molecule has 1 atom stereocenters. The fourth-order valence-corrected chi connectivity index (χ4v) is 3.93.